The Hall–Kier alpha value is -2.56. The first-order valence-corrected chi connectivity index (χ1v) is 11.7. The summed E-state index contributed by atoms with van der Waals surface area (Å²) in [6, 6.07) is 13.0. The van der Waals surface area contributed by atoms with Crippen LogP contribution in [0.2, 0.25) is 0 Å². The number of carbonyl (C=O) groups is 1. The zero-order valence-corrected chi connectivity index (χ0v) is 19.2. The number of benzene rings is 1. The number of carboxylic acids is 1. The Morgan fingerprint density at radius 2 is 1.94 bits per heavy atom. The van der Waals surface area contributed by atoms with Crippen LogP contribution < -0.4 is 10.2 Å². The minimum absolute atomic E-state index is 0.0322. The molecule has 0 aliphatic heterocycles. The van der Waals surface area contributed by atoms with E-state index in [1.54, 1.807) is 0 Å². The molecule has 1 unspecified atom stereocenters. The highest BCUT2D eigenvalue weighted by atomic mass is 16.4. The highest BCUT2D eigenvalue weighted by molar-refractivity contribution is 5.73. The van der Waals surface area contributed by atoms with Gasteiger partial charge in [-0.15, -0.1) is 0 Å². The average Bonchev–Trinajstić information content (AvgIpc) is 2.77. The van der Waals surface area contributed by atoms with Crippen molar-refractivity contribution in [3.8, 4) is 0 Å². The number of hydrogen-bond donors (Lipinski definition) is 2. The summed E-state index contributed by atoms with van der Waals surface area (Å²) in [6.07, 6.45) is 8.36. The Balaban J connectivity index is 1.93. The van der Waals surface area contributed by atoms with E-state index in [1.807, 2.05) is 31.3 Å². The number of nitrogens with zero attached hydrogens (tertiary/aromatic N) is 2. The van der Waals surface area contributed by atoms with Gasteiger partial charge in [-0.05, 0) is 54.5 Å². The largest absolute Gasteiger partial charge is 0.481 e. The van der Waals surface area contributed by atoms with Crippen LogP contribution in [0.3, 0.4) is 0 Å². The summed E-state index contributed by atoms with van der Waals surface area (Å²) in [5.41, 5.74) is 4.35. The van der Waals surface area contributed by atoms with E-state index >= 15 is 0 Å². The third kappa shape index (κ3) is 6.71. The van der Waals surface area contributed by atoms with E-state index in [0.29, 0.717) is 18.5 Å². The van der Waals surface area contributed by atoms with Crippen molar-refractivity contribution in [2.75, 3.05) is 16.8 Å². The van der Waals surface area contributed by atoms with Crippen molar-refractivity contribution in [1.29, 1.82) is 0 Å². The van der Waals surface area contributed by atoms with E-state index in [1.165, 1.54) is 37.8 Å². The topological polar surface area (TPSA) is 65.5 Å². The van der Waals surface area contributed by atoms with Gasteiger partial charge in [-0.2, -0.15) is 0 Å². The van der Waals surface area contributed by atoms with Gasteiger partial charge < -0.3 is 15.3 Å². The molecule has 168 valence electrons. The summed E-state index contributed by atoms with van der Waals surface area (Å²) in [7, 11) is 0. The number of carboxylic acid groups (broad SMARTS) is 1. The highest BCUT2D eigenvalue weighted by Crippen LogP contribution is 2.36. The molecule has 0 bridgehead atoms. The van der Waals surface area contributed by atoms with Gasteiger partial charge >= 0.3 is 5.97 Å². The molecule has 1 saturated carbocycles. The van der Waals surface area contributed by atoms with Gasteiger partial charge in [-0.1, -0.05) is 52.2 Å². The van der Waals surface area contributed by atoms with E-state index in [9.17, 15) is 9.90 Å². The molecule has 31 heavy (non-hydrogen) atoms. The molecule has 2 aromatic rings. The lowest BCUT2D eigenvalue weighted by atomic mass is 9.92. The van der Waals surface area contributed by atoms with Crippen LogP contribution in [0.25, 0.3) is 0 Å². The van der Waals surface area contributed by atoms with Crippen LogP contribution in [-0.4, -0.2) is 28.6 Å². The maximum absolute atomic E-state index is 11.2. The molecule has 3 rings (SSSR count). The Morgan fingerprint density at radius 1 is 1.16 bits per heavy atom. The Bertz CT molecular complexity index is 832. The fourth-order valence-corrected chi connectivity index (χ4v) is 4.55. The molecule has 0 amide bonds. The van der Waals surface area contributed by atoms with Gasteiger partial charge in [0.2, 0.25) is 0 Å². The van der Waals surface area contributed by atoms with Crippen molar-refractivity contribution >= 4 is 17.3 Å². The van der Waals surface area contributed by atoms with Crippen molar-refractivity contribution in [3.05, 3.63) is 53.9 Å². The molecule has 0 spiro atoms. The van der Waals surface area contributed by atoms with E-state index in [-0.39, 0.29) is 12.3 Å². The maximum atomic E-state index is 11.2. The highest BCUT2D eigenvalue weighted by Gasteiger charge is 2.25. The minimum atomic E-state index is -0.761. The van der Waals surface area contributed by atoms with E-state index < -0.39 is 5.97 Å². The second-order valence-corrected chi connectivity index (χ2v) is 9.29. The second-order valence-electron chi connectivity index (χ2n) is 9.29. The van der Waals surface area contributed by atoms with E-state index in [0.717, 1.165) is 23.5 Å². The monoisotopic (exact) mass is 423 g/mol. The Morgan fingerprint density at radius 3 is 2.58 bits per heavy atom. The van der Waals surface area contributed by atoms with Crippen LogP contribution in [-0.2, 0) is 11.3 Å². The predicted octanol–water partition coefficient (Wildman–Crippen LogP) is 6.07. The SMILES string of the molecule is CC(C)CN(c1ccc(C(C)CC(=O)O)cc1NCc1ccccn1)C1CCCCC1. The molecule has 1 aliphatic carbocycles. The van der Waals surface area contributed by atoms with Crippen molar-refractivity contribution in [2.24, 2.45) is 5.92 Å². The first-order chi connectivity index (χ1) is 14.9. The summed E-state index contributed by atoms with van der Waals surface area (Å²) in [5, 5.41) is 12.9. The molecule has 1 atom stereocenters. The lowest BCUT2D eigenvalue weighted by Gasteiger charge is -2.38. The van der Waals surface area contributed by atoms with Crippen molar-refractivity contribution in [2.45, 2.75) is 77.8 Å². The number of aromatic nitrogens is 1. The predicted molar refractivity (Wildman–Crippen MR) is 128 cm³/mol. The van der Waals surface area contributed by atoms with Gasteiger partial charge in [0, 0.05) is 18.8 Å². The number of pyridine rings is 1. The fraction of sp³-hybridized carbons (Fsp3) is 0.538. The number of rotatable bonds is 10. The molecule has 2 N–H and O–H groups in total. The first kappa shape index (κ1) is 23.1. The standard InChI is InChI=1S/C26H37N3O2/c1-19(2)18-29(23-10-5-4-6-11-23)25-13-12-21(20(3)15-26(30)31)16-24(25)28-17-22-9-7-8-14-27-22/h7-9,12-14,16,19-20,23,28H,4-6,10-11,15,17-18H2,1-3H3,(H,30,31). The summed E-state index contributed by atoms with van der Waals surface area (Å²) in [6.45, 7) is 8.21. The molecule has 1 heterocycles. The molecule has 1 aliphatic rings. The third-order valence-electron chi connectivity index (χ3n) is 6.14. The van der Waals surface area contributed by atoms with Gasteiger partial charge in [-0.3, -0.25) is 9.78 Å². The summed E-state index contributed by atoms with van der Waals surface area (Å²) in [5.74, 6) is -0.227. The van der Waals surface area contributed by atoms with Crippen molar-refractivity contribution in [3.63, 3.8) is 0 Å². The number of hydrogen-bond acceptors (Lipinski definition) is 4. The van der Waals surface area contributed by atoms with E-state index in [2.05, 4.69) is 47.2 Å². The number of anilines is 2. The van der Waals surface area contributed by atoms with Crippen molar-refractivity contribution < 1.29 is 9.90 Å². The zero-order chi connectivity index (χ0) is 22.2. The quantitative estimate of drug-likeness (QED) is 0.486. The van der Waals surface area contributed by atoms with Gasteiger partial charge in [0.1, 0.15) is 0 Å². The Kier molecular flexibility index (Phi) is 8.33. The fourth-order valence-electron chi connectivity index (χ4n) is 4.55. The molecule has 1 aromatic carbocycles. The molecule has 5 nitrogen and oxygen atoms in total. The second kappa shape index (κ2) is 11.2. The van der Waals surface area contributed by atoms with Crippen LogP contribution in [0, 0.1) is 5.92 Å². The summed E-state index contributed by atoms with van der Waals surface area (Å²) in [4.78, 5) is 18.3. The molecule has 0 saturated heterocycles. The van der Waals surface area contributed by atoms with Gasteiger partial charge in [0.25, 0.3) is 0 Å². The molecule has 0 radical (unpaired) electrons. The van der Waals surface area contributed by atoms with Crippen LogP contribution in [0.4, 0.5) is 11.4 Å². The maximum Gasteiger partial charge on any atom is 0.303 e. The van der Waals surface area contributed by atoms with Gasteiger partial charge in [0.05, 0.1) is 30.0 Å². The Labute approximate surface area is 186 Å². The molecule has 1 aromatic heterocycles. The van der Waals surface area contributed by atoms with Crippen molar-refractivity contribution in [1.82, 2.24) is 4.98 Å². The first-order valence-electron chi connectivity index (χ1n) is 11.7. The summed E-state index contributed by atoms with van der Waals surface area (Å²) < 4.78 is 0. The normalized spacial score (nSPS) is 15.6. The summed E-state index contributed by atoms with van der Waals surface area (Å²) >= 11 is 0. The lowest BCUT2D eigenvalue weighted by Crippen LogP contribution is -2.39. The molecular formula is C26H37N3O2. The number of aliphatic carboxylic acids is 1. The third-order valence-corrected chi connectivity index (χ3v) is 6.14. The van der Waals surface area contributed by atoms with Crippen LogP contribution in [0.15, 0.2) is 42.6 Å². The molecular weight excluding hydrogens is 386 g/mol. The smallest absolute Gasteiger partial charge is 0.303 e. The van der Waals surface area contributed by atoms with Crippen LogP contribution >= 0.6 is 0 Å². The molecule has 5 heteroatoms. The lowest BCUT2D eigenvalue weighted by molar-refractivity contribution is -0.137. The van der Waals surface area contributed by atoms with Gasteiger partial charge in [-0.25, -0.2) is 0 Å². The average molecular weight is 424 g/mol. The van der Waals surface area contributed by atoms with E-state index in [4.69, 9.17) is 0 Å². The minimum Gasteiger partial charge on any atom is -0.481 e. The zero-order valence-electron chi connectivity index (χ0n) is 19.2. The molecule has 1 fully saturated rings. The van der Waals surface area contributed by atoms with Gasteiger partial charge in [0.15, 0.2) is 0 Å². The van der Waals surface area contributed by atoms with Crippen LogP contribution in [0.5, 0.6) is 0 Å². The van der Waals surface area contributed by atoms with Crippen LogP contribution in [0.1, 0.15) is 76.5 Å². The number of nitrogens with one attached hydrogen (secondary N) is 1.